The second-order valence-electron chi connectivity index (χ2n) is 4.09. The van der Waals surface area contributed by atoms with Crippen LogP contribution in [0.15, 0.2) is 28.7 Å². The van der Waals surface area contributed by atoms with Gasteiger partial charge >= 0.3 is 0 Å². The predicted octanol–water partition coefficient (Wildman–Crippen LogP) is 1.92. The highest BCUT2D eigenvalue weighted by molar-refractivity contribution is 5.68. The molecular weight excluding hydrogens is 276 g/mol. The van der Waals surface area contributed by atoms with Crippen LogP contribution >= 0.6 is 0 Å². The first-order valence-corrected chi connectivity index (χ1v) is 6.16. The topological polar surface area (TPSA) is 125 Å². The first-order chi connectivity index (χ1) is 10.2. The number of anilines is 1. The minimum atomic E-state index is -0.537. The third-order valence-corrected chi connectivity index (χ3v) is 2.68. The van der Waals surface area contributed by atoms with Crippen LogP contribution in [0.4, 0.5) is 11.6 Å². The smallest absolute Gasteiger partial charge is 0.282 e. The van der Waals surface area contributed by atoms with Gasteiger partial charge in [-0.15, -0.1) is 0 Å². The number of oxazole rings is 1. The van der Waals surface area contributed by atoms with Crippen LogP contribution in [0.5, 0.6) is 0 Å². The SMILES string of the molecule is N#Cc1nc(-c2ccccc2[N+](=O)[O-])oc1NCCCO. The van der Waals surface area contributed by atoms with Crippen molar-refractivity contribution < 1.29 is 14.4 Å². The van der Waals surface area contributed by atoms with Gasteiger partial charge in [0.15, 0.2) is 0 Å². The fraction of sp³-hybridized carbons (Fsp3) is 0.231. The fourth-order valence-corrected chi connectivity index (χ4v) is 1.73. The highest BCUT2D eigenvalue weighted by Crippen LogP contribution is 2.31. The van der Waals surface area contributed by atoms with Crippen molar-refractivity contribution in [3.63, 3.8) is 0 Å². The van der Waals surface area contributed by atoms with E-state index >= 15 is 0 Å². The van der Waals surface area contributed by atoms with E-state index in [4.69, 9.17) is 14.8 Å². The molecule has 0 radical (unpaired) electrons. The van der Waals surface area contributed by atoms with Crippen molar-refractivity contribution in [1.29, 1.82) is 5.26 Å². The Labute approximate surface area is 119 Å². The third kappa shape index (κ3) is 3.16. The number of aliphatic hydroxyl groups is 1. The number of aromatic nitrogens is 1. The third-order valence-electron chi connectivity index (χ3n) is 2.68. The Balaban J connectivity index is 2.38. The molecule has 108 valence electrons. The molecule has 8 heteroatoms. The summed E-state index contributed by atoms with van der Waals surface area (Å²) in [6.45, 7) is 0.400. The molecule has 1 heterocycles. The van der Waals surface area contributed by atoms with Crippen molar-refractivity contribution in [2.75, 3.05) is 18.5 Å². The van der Waals surface area contributed by atoms with Crippen LogP contribution in [0.3, 0.4) is 0 Å². The van der Waals surface area contributed by atoms with E-state index in [0.29, 0.717) is 13.0 Å². The number of hydrogen-bond acceptors (Lipinski definition) is 7. The number of nitriles is 1. The van der Waals surface area contributed by atoms with Crippen molar-refractivity contribution in [2.45, 2.75) is 6.42 Å². The Morgan fingerprint density at radius 1 is 1.48 bits per heavy atom. The van der Waals surface area contributed by atoms with Crippen molar-refractivity contribution in [3.8, 4) is 17.5 Å². The summed E-state index contributed by atoms with van der Waals surface area (Å²) in [4.78, 5) is 14.4. The molecule has 0 unspecified atom stereocenters. The minimum absolute atomic E-state index is 0.0000379. The van der Waals surface area contributed by atoms with E-state index in [-0.39, 0.29) is 35.3 Å². The maximum atomic E-state index is 11.0. The maximum Gasteiger partial charge on any atom is 0.282 e. The first kappa shape index (κ1) is 14.5. The number of nitrogens with zero attached hydrogens (tertiary/aromatic N) is 3. The van der Waals surface area contributed by atoms with E-state index in [0.717, 1.165) is 0 Å². The Bertz CT molecular complexity index is 690. The molecule has 2 aromatic rings. The lowest BCUT2D eigenvalue weighted by Crippen LogP contribution is -2.03. The summed E-state index contributed by atoms with van der Waals surface area (Å²) in [7, 11) is 0. The van der Waals surface area contributed by atoms with Gasteiger partial charge < -0.3 is 14.8 Å². The Morgan fingerprint density at radius 2 is 2.24 bits per heavy atom. The lowest BCUT2D eigenvalue weighted by Gasteiger charge is -2.00. The molecule has 0 aliphatic rings. The average Bonchev–Trinajstić information content (AvgIpc) is 2.90. The molecule has 0 atom stereocenters. The largest absolute Gasteiger partial charge is 0.419 e. The molecule has 0 fully saturated rings. The van der Waals surface area contributed by atoms with E-state index in [1.807, 2.05) is 6.07 Å². The van der Waals surface area contributed by atoms with Crippen molar-refractivity contribution in [2.24, 2.45) is 0 Å². The summed E-state index contributed by atoms with van der Waals surface area (Å²) >= 11 is 0. The molecule has 2 N–H and O–H groups in total. The van der Waals surface area contributed by atoms with Gasteiger partial charge in [-0.2, -0.15) is 10.2 Å². The lowest BCUT2D eigenvalue weighted by molar-refractivity contribution is -0.384. The van der Waals surface area contributed by atoms with Gasteiger partial charge in [-0.3, -0.25) is 10.1 Å². The number of nitrogens with one attached hydrogen (secondary N) is 1. The molecule has 0 spiro atoms. The van der Waals surface area contributed by atoms with Gasteiger partial charge in [-0.1, -0.05) is 12.1 Å². The monoisotopic (exact) mass is 288 g/mol. The predicted molar refractivity (Wildman–Crippen MR) is 73.5 cm³/mol. The Hall–Kier alpha value is -2.92. The van der Waals surface area contributed by atoms with Crippen LogP contribution in [-0.2, 0) is 0 Å². The highest BCUT2D eigenvalue weighted by Gasteiger charge is 2.21. The molecule has 0 aliphatic heterocycles. The van der Waals surface area contributed by atoms with E-state index in [2.05, 4.69) is 10.3 Å². The second kappa shape index (κ2) is 6.49. The van der Waals surface area contributed by atoms with Crippen LogP contribution < -0.4 is 5.32 Å². The minimum Gasteiger partial charge on any atom is -0.419 e. The van der Waals surface area contributed by atoms with Gasteiger partial charge in [-0.25, -0.2) is 0 Å². The average molecular weight is 288 g/mol. The van der Waals surface area contributed by atoms with E-state index in [1.165, 1.54) is 18.2 Å². The maximum absolute atomic E-state index is 11.0. The molecule has 0 amide bonds. The number of benzene rings is 1. The normalized spacial score (nSPS) is 10.1. The zero-order chi connectivity index (χ0) is 15.2. The Morgan fingerprint density at radius 3 is 2.90 bits per heavy atom. The van der Waals surface area contributed by atoms with Gasteiger partial charge in [0.25, 0.3) is 5.69 Å². The quantitative estimate of drug-likeness (QED) is 0.472. The van der Waals surface area contributed by atoms with Gasteiger partial charge in [0, 0.05) is 19.2 Å². The summed E-state index contributed by atoms with van der Waals surface area (Å²) in [6.07, 6.45) is 0.479. The summed E-state index contributed by atoms with van der Waals surface area (Å²) in [6, 6.07) is 7.86. The number of nitro benzene ring substituents is 1. The summed E-state index contributed by atoms with van der Waals surface area (Å²) in [5, 5.41) is 31.6. The second-order valence-corrected chi connectivity index (χ2v) is 4.09. The standard InChI is InChI=1S/C13H12N4O4/c14-8-10-13(15-6-3-7-18)21-12(16-10)9-4-1-2-5-11(9)17(19)20/h1-2,4-5,15,18H,3,6-7H2. The van der Waals surface area contributed by atoms with Crippen molar-refractivity contribution in [1.82, 2.24) is 4.98 Å². The molecule has 21 heavy (non-hydrogen) atoms. The molecule has 8 nitrogen and oxygen atoms in total. The van der Waals surface area contributed by atoms with Crippen molar-refractivity contribution in [3.05, 3.63) is 40.1 Å². The molecule has 2 rings (SSSR count). The highest BCUT2D eigenvalue weighted by atomic mass is 16.6. The van der Waals surface area contributed by atoms with Crippen LogP contribution in [-0.4, -0.2) is 28.2 Å². The van der Waals surface area contributed by atoms with Gasteiger partial charge in [0.1, 0.15) is 11.6 Å². The van der Waals surface area contributed by atoms with E-state index in [9.17, 15) is 10.1 Å². The van der Waals surface area contributed by atoms with Crippen LogP contribution in [0, 0.1) is 21.4 Å². The molecule has 0 saturated heterocycles. The molecule has 0 bridgehead atoms. The molecule has 0 saturated carbocycles. The number of hydrogen-bond donors (Lipinski definition) is 2. The molecule has 1 aromatic carbocycles. The van der Waals surface area contributed by atoms with Crippen LogP contribution in [0.25, 0.3) is 11.5 Å². The summed E-state index contributed by atoms with van der Waals surface area (Å²) in [5.74, 6) is 0.143. The number of nitro groups is 1. The van der Waals surface area contributed by atoms with Gasteiger partial charge in [0.05, 0.1) is 4.92 Å². The van der Waals surface area contributed by atoms with Gasteiger partial charge in [0.2, 0.25) is 17.5 Å². The van der Waals surface area contributed by atoms with Crippen molar-refractivity contribution >= 4 is 11.6 Å². The number of aliphatic hydroxyl groups excluding tert-OH is 1. The van der Waals surface area contributed by atoms with Crippen LogP contribution in [0.1, 0.15) is 12.1 Å². The van der Waals surface area contributed by atoms with E-state index in [1.54, 1.807) is 6.07 Å². The van der Waals surface area contributed by atoms with Gasteiger partial charge in [-0.05, 0) is 12.5 Å². The number of para-hydroxylation sites is 1. The molecule has 1 aromatic heterocycles. The Kier molecular flexibility index (Phi) is 4.48. The lowest BCUT2D eigenvalue weighted by atomic mass is 10.2. The fourth-order valence-electron chi connectivity index (χ4n) is 1.73. The van der Waals surface area contributed by atoms with E-state index < -0.39 is 4.92 Å². The van der Waals surface area contributed by atoms with Crippen LogP contribution in [0.2, 0.25) is 0 Å². The zero-order valence-electron chi connectivity index (χ0n) is 10.9. The summed E-state index contributed by atoms with van der Waals surface area (Å²) < 4.78 is 5.40. The molecule has 0 aliphatic carbocycles. The zero-order valence-corrected chi connectivity index (χ0v) is 10.9. The summed E-state index contributed by atoms with van der Waals surface area (Å²) in [5.41, 5.74) is 0.0699. The first-order valence-electron chi connectivity index (χ1n) is 6.16. The molecular formula is C13H12N4O4. The number of rotatable bonds is 6.